The third-order valence-electron chi connectivity index (χ3n) is 4.81. The van der Waals surface area contributed by atoms with Gasteiger partial charge in [0.25, 0.3) is 11.8 Å². The lowest BCUT2D eigenvalue weighted by Gasteiger charge is -2.05. The van der Waals surface area contributed by atoms with E-state index < -0.39 is 5.91 Å². The Morgan fingerprint density at radius 2 is 1.74 bits per heavy atom. The largest absolute Gasteiger partial charge is 0.331 e. The Labute approximate surface area is 176 Å². The van der Waals surface area contributed by atoms with Gasteiger partial charge in [-0.2, -0.15) is 0 Å². The van der Waals surface area contributed by atoms with Crippen LogP contribution < -0.4 is 10.6 Å². The van der Waals surface area contributed by atoms with Gasteiger partial charge in [-0.1, -0.05) is 24.3 Å². The third-order valence-corrected chi connectivity index (χ3v) is 4.81. The molecule has 5 aromatic rings. The van der Waals surface area contributed by atoms with Gasteiger partial charge in [-0.3, -0.25) is 25.2 Å². The first kappa shape index (κ1) is 18.5. The van der Waals surface area contributed by atoms with E-state index in [1.54, 1.807) is 30.7 Å². The highest BCUT2D eigenvalue weighted by Crippen LogP contribution is 2.22. The lowest BCUT2D eigenvalue weighted by molar-refractivity contribution is 0.101. The standard InChI is InChI=1S/C22H17N7O2/c1-12-8-15(19(30)28-21-23-6-7-24-21)18-16(9-12)26-22(27-18)29-20(31)17-10-13-4-2-3-5-14(13)11-25-17/h2-11H,1H3,(H2,23,24,28,30)(H2,26,27,29,31). The Morgan fingerprint density at radius 1 is 0.935 bits per heavy atom. The molecule has 0 saturated carbocycles. The van der Waals surface area contributed by atoms with Crippen LogP contribution in [0.3, 0.4) is 0 Å². The molecule has 2 aromatic carbocycles. The van der Waals surface area contributed by atoms with Gasteiger partial charge < -0.3 is 9.97 Å². The number of H-pyrrole nitrogens is 2. The van der Waals surface area contributed by atoms with E-state index >= 15 is 0 Å². The zero-order chi connectivity index (χ0) is 21.4. The normalized spacial score (nSPS) is 11.0. The molecule has 3 heterocycles. The molecular weight excluding hydrogens is 394 g/mol. The summed E-state index contributed by atoms with van der Waals surface area (Å²) in [5.74, 6) is -0.174. The predicted octanol–water partition coefficient (Wildman–Crippen LogP) is 3.65. The molecule has 0 aliphatic carbocycles. The molecule has 0 aliphatic rings. The zero-order valence-electron chi connectivity index (χ0n) is 16.4. The van der Waals surface area contributed by atoms with Crippen molar-refractivity contribution in [3.05, 3.63) is 77.9 Å². The summed E-state index contributed by atoms with van der Waals surface area (Å²) in [5.41, 5.74) is 2.59. The van der Waals surface area contributed by atoms with E-state index in [9.17, 15) is 9.59 Å². The number of carbonyl (C=O) groups is 2. The lowest BCUT2D eigenvalue weighted by Crippen LogP contribution is -2.15. The van der Waals surface area contributed by atoms with Gasteiger partial charge in [-0.25, -0.2) is 9.97 Å². The number of aryl methyl sites for hydroxylation is 1. The highest BCUT2D eigenvalue weighted by molar-refractivity contribution is 6.12. The first-order valence-electron chi connectivity index (χ1n) is 9.54. The number of imidazole rings is 2. The van der Waals surface area contributed by atoms with E-state index in [4.69, 9.17) is 0 Å². The van der Waals surface area contributed by atoms with Crippen molar-refractivity contribution >= 4 is 45.5 Å². The average molecular weight is 411 g/mol. The Kier molecular flexibility index (Phi) is 4.40. The van der Waals surface area contributed by atoms with E-state index in [1.807, 2.05) is 37.3 Å². The van der Waals surface area contributed by atoms with E-state index in [0.29, 0.717) is 22.5 Å². The molecule has 9 heteroatoms. The molecule has 0 aliphatic heterocycles. The maximum absolute atomic E-state index is 12.7. The quantitative estimate of drug-likeness (QED) is 0.359. The van der Waals surface area contributed by atoms with Gasteiger partial charge in [-0.15, -0.1) is 0 Å². The van der Waals surface area contributed by atoms with Crippen molar-refractivity contribution in [3.8, 4) is 0 Å². The predicted molar refractivity (Wildman–Crippen MR) is 117 cm³/mol. The van der Waals surface area contributed by atoms with Crippen LogP contribution in [-0.2, 0) is 0 Å². The number of fused-ring (bicyclic) bond motifs is 2. The number of rotatable bonds is 4. The second-order valence-electron chi connectivity index (χ2n) is 7.05. The fourth-order valence-electron chi connectivity index (χ4n) is 3.38. The number of benzene rings is 2. The van der Waals surface area contributed by atoms with Crippen LogP contribution in [0.4, 0.5) is 11.9 Å². The number of pyridine rings is 1. The first-order chi connectivity index (χ1) is 15.1. The van der Waals surface area contributed by atoms with Crippen LogP contribution >= 0.6 is 0 Å². The molecule has 9 nitrogen and oxygen atoms in total. The van der Waals surface area contributed by atoms with Gasteiger partial charge in [-0.05, 0) is 36.1 Å². The van der Waals surface area contributed by atoms with Crippen LogP contribution in [0.25, 0.3) is 21.8 Å². The maximum atomic E-state index is 12.7. The minimum atomic E-state index is -0.400. The molecule has 4 N–H and O–H groups in total. The van der Waals surface area contributed by atoms with Gasteiger partial charge in [0.05, 0.1) is 16.6 Å². The third kappa shape index (κ3) is 3.60. The van der Waals surface area contributed by atoms with Crippen molar-refractivity contribution in [2.24, 2.45) is 0 Å². The van der Waals surface area contributed by atoms with E-state index in [2.05, 4.69) is 35.6 Å². The first-order valence-corrected chi connectivity index (χ1v) is 9.54. The molecule has 0 bridgehead atoms. The highest BCUT2D eigenvalue weighted by atomic mass is 16.2. The molecule has 0 atom stereocenters. The van der Waals surface area contributed by atoms with Crippen molar-refractivity contribution in [2.45, 2.75) is 6.92 Å². The van der Waals surface area contributed by atoms with Gasteiger partial charge in [0.1, 0.15) is 5.69 Å². The number of aromatic amines is 2. The molecular formula is C22H17N7O2. The minimum absolute atomic E-state index is 0.229. The van der Waals surface area contributed by atoms with Gasteiger partial charge in [0.2, 0.25) is 11.9 Å². The van der Waals surface area contributed by atoms with Crippen molar-refractivity contribution in [2.75, 3.05) is 10.6 Å². The highest BCUT2D eigenvalue weighted by Gasteiger charge is 2.17. The Hall–Kier alpha value is -4.53. The van der Waals surface area contributed by atoms with Crippen molar-refractivity contribution < 1.29 is 9.59 Å². The van der Waals surface area contributed by atoms with Crippen LogP contribution in [0.2, 0.25) is 0 Å². The van der Waals surface area contributed by atoms with Gasteiger partial charge >= 0.3 is 0 Å². The summed E-state index contributed by atoms with van der Waals surface area (Å²) in [6, 6.07) is 13.0. The fraction of sp³-hybridized carbons (Fsp3) is 0.0455. The maximum Gasteiger partial charge on any atom is 0.276 e. The van der Waals surface area contributed by atoms with Crippen molar-refractivity contribution in [3.63, 3.8) is 0 Å². The SMILES string of the molecule is Cc1cc(C(=O)Nc2ncc[nH]2)c2[nH]c(NC(=O)c3cc4ccccc4cn3)nc2c1. The molecule has 152 valence electrons. The van der Waals surface area contributed by atoms with Crippen LogP contribution in [0, 0.1) is 6.92 Å². The molecule has 0 saturated heterocycles. The summed E-state index contributed by atoms with van der Waals surface area (Å²) in [6.07, 6.45) is 4.82. The smallest absolute Gasteiger partial charge is 0.276 e. The second-order valence-corrected chi connectivity index (χ2v) is 7.05. The average Bonchev–Trinajstić information content (AvgIpc) is 3.42. The molecule has 5 rings (SSSR count). The van der Waals surface area contributed by atoms with Crippen LogP contribution in [0.5, 0.6) is 0 Å². The number of aromatic nitrogens is 5. The number of nitrogens with one attached hydrogen (secondary N) is 4. The Balaban J connectivity index is 1.45. The second kappa shape index (κ2) is 7.38. The van der Waals surface area contributed by atoms with E-state index in [1.165, 1.54) is 0 Å². The summed E-state index contributed by atoms with van der Waals surface area (Å²) in [6.45, 7) is 1.87. The van der Waals surface area contributed by atoms with E-state index in [-0.39, 0.29) is 17.5 Å². The molecule has 0 unspecified atom stereocenters. The number of hydrogen-bond donors (Lipinski definition) is 4. The molecule has 0 radical (unpaired) electrons. The zero-order valence-corrected chi connectivity index (χ0v) is 16.4. The van der Waals surface area contributed by atoms with Crippen LogP contribution in [0.15, 0.2) is 61.1 Å². The lowest BCUT2D eigenvalue weighted by atomic mass is 10.1. The van der Waals surface area contributed by atoms with E-state index in [0.717, 1.165) is 16.3 Å². The number of carbonyl (C=O) groups excluding carboxylic acids is 2. The number of amides is 2. The number of hydrogen-bond acceptors (Lipinski definition) is 5. The van der Waals surface area contributed by atoms with Crippen molar-refractivity contribution in [1.82, 2.24) is 24.9 Å². The fourth-order valence-corrected chi connectivity index (χ4v) is 3.38. The Morgan fingerprint density at radius 3 is 2.55 bits per heavy atom. The Bertz CT molecular complexity index is 1440. The monoisotopic (exact) mass is 411 g/mol. The van der Waals surface area contributed by atoms with Crippen LogP contribution in [-0.4, -0.2) is 36.7 Å². The minimum Gasteiger partial charge on any atom is -0.331 e. The van der Waals surface area contributed by atoms with Gasteiger partial charge in [0, 0.05) is 24.0 Å². The summed E-state index contributed by atoms with van der Waals surface area (Å²) >= 11 is 0. The number of anilines is 2. The molecule has 0 spiro atoms. The summed E-state index contributed by atoms with van der Waals surface area (Å²) in [7, 11) is 0. The molecule has 3 aromatic heterocycles. The number of nitrogens with zero attached hydrogens (tertiary/aromatic N) is 3. The molecule has 0 fully saturated rings. The topological polar surface area (TPSA) is 128 Å². The molecule has 31 heavy (non-hydrogen) atoms. The van der Waals surface area contributed by atoms with Crippen molar-refractivity contribution in [1.29, 1.82) is 0 Å². The van der Waals surface area contributed by atoms with Crippen LogP contribution in [0.1, 0.15) is 26.4 Å². The summed E-state index contributed by atoms with van der Waals surface area (Å²) < 4.78 is 0. The summed E-state index contributed by atoms with van der Waals surface area (Å²) in [5, 5.41) is 7.29. The van der Waals surface area contributed by atoms with Gasteiger partial charge in [0.15, 0.2) is 0 Å². The summed E-state index contributed by atoms with van der Waals surface area (Å²) in [4.78, 5) is 44.0. The molecule has 2 amide bonds.